The summed E-state index contributed by atoms with van der Waals surface area (Å²) in [7, 11) is 0. The van der Waals surface area contributed by atoms with Gasteiger partial charge in [-0.15, -0.1) is 12.6 Å². The molecule has 0 N–H and O–H groups in total. The minimum Gasteiger partial charge on any atom is -0.371 e. The highest BCUT2D eigenvalue weighted by atomic mass is 32.1. The summed E-state index contributed by atoms with van der Waals surface area (Å²) in [5.41, 5.74) is -1.95. The Hall–Kier alpha value is -1.58. The standard InChI is InChI=1S/C12H15N3O5S/c1-7(21)2-13-10(16)14(3-8-5-19-8)12(18)15(11(13)17)4-9-6-20-9/h8-9,21H,1-6H2. The SMILES string of the molecule is C=C(S)Cn1c(=O)n(CC2CO2)c(=O)n(CC2CO2)c1=O. The van der Waals surface area contributed by atoms with Gasteiger partial charge in [0.2, 0.25) is 0 Å². The number of rotatable bonds is 6. The lowest BCUT2D eigenvalue weighted by Crippen LogP contribution is -2.55. The summed E-state index contributed by atoms with van der Waals surface area (Å²) in [4.78, 5) is 37.3. The molecule has 8 nitrogen and oxygen atoms in total. The molecule has 0 radical (unpaired) electrons. The van der Waals surface area contributed by atoms with Crippen molar-refractivity contribution in [3.8, 4) is 0 Å². The monoisotopic (exact) mass is 313 g/mol. The van der Waals surface area contributed by atoms with Crippen molar-refractivity contribution < 1.29 is 9.47 Å². The number of hydrogen-bond acceptors (Lipinski definition) is 6. The van der Waals surface area contributed by atoms with E-state index in [1.165, 1.54) is 0 Å². The minimum atomic E-state index is -0.663. The predicted molar refractivity (Wildman–Crippen MR) is 76.8 cm³/mol. The molecule has 0 aromatic carbocycles. The van der Waals surface area contributed by atoms with Gasteiger partial charge in [-0.3, -0.25) is 0 Å². The smallest absolute Gasteiger partial charge is 0.336 e. The fourth-order valence-electron chi connectivity index (χ4n) is 2.07. The Morgan fingerprint density at radius 1 is 1.00 bits per heavy atom. The molecule has 0 saturated carbocycles. The molecule has 3 rings (SSSR count). The van der Waals surface area contributed by atoms with Gasteiger partial charge in [0.15, 0.2) is 0 Å². The van der Waals surface area contributed by atoms with Crippen LogP contribution in [0, 0.1) is 0 Å². The highest BCUT2D eigenvalue weighted by molar-refractivity contribution is 7.84. The molecule has 3 heterocycles. The Labute approximate surface area is 124 Å². The second-order valence-electron chi connectivity index (χ2n) is 5.13. The molecule has 1 aromatic rings. The summed E-state index contributed by atoms with van der Waals surface area (Å²) in [6, 6.07) is 0. The Morgan fingerprint density at radius 2 is 1.38 bits per heavy atom. The Bertz CT molecular complexity index is 701. The van der Waals surface area contributed by atoms with Crippen molar-refractivity contribution in [1.29, 1.82) is 0 Å². The van der Waals surface area contributed by atoms with Crippen molar-refractivity contribution in [3.05, 3.63) is 42.9 Å². The third kappa shape index (κ3) is 3.04. The average molecular weight is 313 g/mol. The van der Waals surface area contributed by atoms with Crippen LogP contribution >= 0.6 is 12.6 Å². The first kappa shape index (κ1) is 14.4. The lowest BCUT2D eigenvalue weighted by molar-refractivity contribution is 0.343. The molecule has 9 heteroatoms. The largest absolute Gasteiger partial charge is 0.371 e. The second kappa shape index (κ2) is 5.32. The molecular formula is C12H15N3O5S. The predicted octanol–water partition coefficient (Wildman–Crippen LogP) is -1.59. The molecular weight excluding hydrogens is 298 g/mol. The van der Waals surface area contributed by atoms with Crippen molar-refractivity contribution in [3.63, 3.8) is 0 Å². The van der Waals surface area contributed by atoms with Crippen LogP contribution in [0.15, 0.2) is 25.9 Å². The summed E-state index contributed by atoms with van der Waals surface area (Å²) in [5, 5.41) is 0. The van der Waals surface area contributed by atoms with E-state index < -0.39 is 17.1 Å². The van der Waals surface area contributed by atoms with Crippen LogP contribution in [0.25, 0.3) is 0 Å². The highest BCUT2D eigenvalue weighted by Crippen LogP contribution is 2.10. The molecule has 2 saturated heterocycles. The Kier molecular flexibility index (Phi) is 3.64. The normalized spacial score (nSPS) is 23.1. The van der Waals surface area contributed by atoms with Crippen LogP contribution in [0.3, 0.4) is 0 Å². The number of allylic oxidation sites excluding steroid dienone is 1. The highest BCUT2D eigenvalue weighted by Gasteiger charge is 2.29. The summed E-state index contributed by atoms with van der Waals surface area (Å²) >= 11 is 4.02. The summed E-state index contributed by atoms with van der Waals surface area (Å²) in [6.07, 6.45) is -0.294. The van der Waals surface area contributed by atoms with E-state index in [0.717, 1.165) is 13.7 Å². The molecule has 2 atom stereocenters. The maximum absolute atomic E-state index is 12.3. The number of thiol groups is 1. The van der Waals surface area contributed by atoms with Crippen LogP contribution in [0.1, 0.15) is 0 Å². The molecule has 0 bridgehead atoms. The molecule has 0 amide bonds. The van der Waals surface area contributed by atoms with Gasteiger partial charge in [-0.1, -0.05) is 6.58 Å². The summed E-state index contributed by atoms with van der Waals surface area (Å²) in [5.74, 6) is 0. The van der Waals surface area contributed by atoms with Gasteiger partial charge in [0.05, 0.1) is 45.1 Å². The van der Waals surface area contributed by atoms with Crippen LogP contribution in [0.5, 0.6) is 0 Å². The maximum Gasteiger partial charge on any atom is 0.336 e. The van der Waals surface area contributed by atoms with Crippen LogP contribution in [0.4, 0.5) is 0 Å². The van der Waals surface area contributed by atoms with Crippen molar-refractivity contribution in [2.75, 3.05) is 13.2 Å². The van der Waals surface area contributed by atoms with E-state index in [1.807, 2.05) is 0 Å². The van der Waals surface area contributed by atoms with Crippen molar-refractivity contribution in [2.45, 2.75) is 31.8 Å². The Balaban J connectivity index is 2.13. The lowest BCUT2D eigenvalue weighted by atomic mass is 10.4. The number of aromatic nitrogens is 3. The van der Waals surface area contributed by atoms with Gasteiger partial charge in [0, 0.05) is 0 Å². The number of nitrogens with zero attached hydrogens (tertiary/aromatic N) is 3. The third-order valence-corrected chi connectivity index (χ3v) is 3.44. The zero-order valence-corrected chi connectivity index (χ0v) is 12.1. The van der Waals surface area contributed by atoms with Gasteiger partial charge in [-0.25, -0.2) is 28.1 Å². The zero-order chi connectivity index (χ0) is 15.1. The van der Waals surface area contributed by atoms with E-state index in [4.69, 9.17) is 9.47 Å². The van der Waals surface area contributed by atoms with E-state index in [2.05, 4.69) is 19.2 Å². The van der Waals surface area contributed by atoms with Gasteiger partial charge in [-0.2, -0.15) is 0 Å². The first-order valence-electron chi connectivity index (χ1n) is 6.52. The molecule has 21 heavy (non-hydrogen) atoms. The minimum absolute atomic E-state index is 0.0435. The average Bonchev–Trinajstić information content (AvgIpc) is 3.30. The van der Waals surface area contributed by atoms with Crippen LogP contribution in [0.2, 0.25) is 0 Å². The van der Waals surface area contributed by atoms with Gasteiger partial charge < -0.3 is 9.47 Å². The van der Waals surface area contributed by atoms with Gasteiger partial charge in [-0.05, 0) is 4.91 Å². The van der Waals surface area contributed by atoms with Crippen LogP contribution < -0.4 is 17.1 Å². The fraction of sp³-hybridized carbons (Fsp3) is 0.583. The lowest BCUT2D eigenvalue weighted by Gasteiger charge is -2.12. The fourth-order valence-corrected chi connectivity index (χ4v) is 2.21. The molecule has 2 unspecified atom stereocenters. The molecule has 2 aliphatic heterocycles. The van der Waals surface area contributed by atoms with E-state index >= 15 is 0 Å². The van der Waals surface area contributed by atoms with Crippen molar-refractivity contribution >= 4 is 12.6 Å². The second-order valence-corrected chi connectivity index (χ2v) is 5.76. The summed E-state index contributed by atoms with van der Waals surface area (Å²) in [6.45, 7) is 4.84. The first-order chi connectivity index (χ1) is 9.97. The van der Waals surface area contributed by atoms with E-state index in [1.54, 1.807) is 0 Å². The van der Waals surface area contributed by atoms with Gasteiger partial charge in [0.1, 0.15) is 0 Å². The van der Waals surface area contributed by atoms with Gasteiger partial charge >= 0.3 is 17.1 Å². The summed E-state index contributed by atoms with van der Waals surface area (Å²) < 4.78 is 13.1. The van der Waals surface area contributed by atoms with E-state index in [-0.39, 0.29) is 31.8 Å². The zero-order valence-electron chi connectivity index (χ0n) is 11.2. The van der Waals surface area contributed by atoms with E-state index in [0.29, 0.717) is 18.1 Å². The number of hydrogen-bond donors (Lipinski definition) is 1. The number of ether oxygens (including phenoxy) is 2. The van der Waals surface area contributed by atoms with Crippen LogP contribution in [-0.4, -0.2) is 39.1 Å². The van der Waals surface area contributed by atoms with E-state index in [9.17, 15) is 14.4 Å². The van der Waals surface area contributed by atoms with Crippen LogP contribution in [-0.2, 0) is 29.1 Å². The molecule has 1 aromatic heterocycles. The molecule has 114 valence electrons. The number of epoxide rings is 2. The van der Waals surface area contributed by atoms with Gasteiger partial charge in [0.25, 0.3) is 0 Å². The quantitative estimate of drug-likeness (QED) is 0.505. The molecule has 2 aliphatic rings. The Morgan fingerprint density at radius 3 is 1.71 bits per heavy atom. The molecule has 0 aliphatic carbocycles. The molecule has 0 spiro atoms. The van der Waals surface area contributed by atoms with Crippen molar-refractivity contribution in [1.82, 2.24) is 13.7 Å². The topological polar surface area (TPSA) is 91.1 Å². The molecule has 2 fully saturated rings. The third-order valence-electron chi connectivity index (χ3n) is 3.30. The van der Waals surface area contributed by atoms with Crippen molar-refractivity contribution in [2.24, 2.45) is 0 Å². The first-order valence-corrected chi connectivity index (χ1v) is 6.96. The maximum atomic E-state index is 12.3.